The maximum atomic E-state index is 12.1. The summed E-state index contributed by atoms with van der Waals surface area (Å²) in [5.74, 6) is 0.272. The zero-order valence-electron chi connectivity index (χ0n) is 13.1. The predicted octanol–water partition coefficient (Wildman–Crippen LogP) is 2.84. The van der Waals surface area contributed by atoms with Gasteiger partial charge in [0.25, 0.3) is 11.6 Å². The lowest BCUT2D eigenvalue weighted by atomic mass is 10.1. The van der Waals surface area contributed by atoms with E-state index in [0.29, 0.717) is 23.7 Å². The summed E-state index contributed by atoms with van der Waals surface area (Å²) < 4.78 is 10.1. The molecular weight excluding hydrogens is 302 g/mol. The molecule has 0 aliphatic carbocycles. The van der Waals surface area contributed by atoms with Gasteiger partial charge in [0, 0.05) is 12.5 Å². The van der Waals surface area contributed by atoms with Crippen molar-refractivity contribution in [3.63, 3.8) is 0 Å². The fourth-order valence-electron chi connectivity index (χ4n) is 2.07. The van der Waals surface area contributed by atoms with Gasteiger partial charge in [0.1, 0.15) is 5.56 Å². The van der Waals surface area contributed by atoms with Crippen LogP contribution in [-0.2, 0) is 17.8 Å². The summed E-state index contributed by atoms with van der Waals surface area (Å²) in [6, 6.07) is 4.38. The Labute approximate surface area is 132 Å². The third-order valence-electron chi connectivity index (χ3n) is 3.08. The first kappa shape index (κ1) is 16.6. The van der Waals surface area contributed by atoms with Gasteiger partial charge in [0.05, 0.1) is 4.92 Å². The molecule has 8 nitrogen and oxygen atoms in total. The number of hydrogen-bond donors (Lipinski definition) is 0. The van der Waals surface area contributed by atoms with E-state index in [1.54, 1.807) is 13.0 Å². The number of aromatic nitrogens is 2. The van der Waals surface area contributed by atoms with Crippen molar-refractivity contribution in [2.45, 2.75) is 33.8 Å². The van der Waals surface area contributed by atoms with Gasteiger partial charge < -0.3 is 9.26 Å². The van der Waals surface area contributed by atoms with E-state index < -0.39 is 10.9 Å². The summed E-state index contributed by atoms with van der Waals surface area (Å²) in [5.41, 5.74) is 0.107. The van der Waals surface area contributed by atoms with Gasteiger partial charge in [-0.25, -0.2) is 4.79 Å². The van der Waals surface area contributed by atoms with E-state index in [1.165, 1.54) is 12.1 Å². The molecule has 8 heteroatoms. The highest BCUT2D eigenvalue weighted by Crippen LogP contribution is 2.23. The minimum absolute atomic E-state index is 0.0700. The Morgan fingerprint density at radius 3 is 2.83 bits per heavy atom. The van der Waals surface area contributed by atoms with Crippen LogP contribution in [0, 0.1) is 23.0 Å². The van der Waals surface area contributed by atoms with Crippen molar-refractivity contribution in [2.24, 2.45) is 5.92 Å². The monoisotopic (exact) mass is 319 g/mol. The van der Waals surface area contributed by atoms with E-state index in [9.17, 15) is 14.9 Å². The first-order valence-electron chi connectivity index (χ1n) is 7.11. The molecule has 1 heterocycles. The van der Waals surface area contributed by atoms with Crippen LogP contribution >= 0.6 is 0 Å². The Bertz CT molecular complexity index is 724. The standard InChI is InChI=1S/C15H17N3O5/c1-9(2)7-12-16-13(23-17-12)8-22-15(19)14-10(3)5-4-6-11(14)18(20)21/h4-6,9H,7-8H2,1-3H3. The Kier molecular flexibility index (Phi) is 5.05. The number of nitrogens with zero attached hydrogens (tertiary/aromatic N) is 3. The van der Waals surface area contributed by atoms with Crippen LogP contribution in [0.4, 0.5) is 5.69 Å². The molecule has 23 heavy (non-hydrogen) atoms. The van der Waals surface area contributed by atoms with E-state index in [2.05, 4.69) is 10.1 Å². The lowest BCUT2D eigenvalue weighted by Crippen LogP contribution is -2.10. The molecule has 1 aromatic carbocycles. The SMILES string of the molecule is Cc1cccc([N+](=O)[O-])c1C(=O)OCc1nc(CC(C)C)no1. The van der Waals surface area contributed by atoms with Crippen molar-refractivity contribution in [1.29, 1.82) is 0 Å². The molecule has 0 saturated heterocycles. The molecule has 0 fully saturated rings. The number of carbonyl (C=O) groups excluding carboxylic acids is 1. The van der Waals surface area contributed by atoms with Crippen LogP contribution in [0.5, 0.6) is 0 Å². The second kappa shape index (κ2) is 6.99. The third-order valence-corrected chi connectivity index (χ3v) is 3.08. The number of nitro benzene ring substituents is 1. The Hall–Kier alpha value is -2.77. The normalized spacial score (nSPS) is 10.8. The zero-order chi connectivity index (χ0) is 17.0. The number of nitro groups is 1. The zero-order valence-corrected chi connectivity index (χ0v) is 13.1. The fraction of sp³-hybridized carbons (Fsp3) is 0.400. The molecule has 1 aromatic heterocycles. The lowest BCUT2D eigenvalue weighted by Gasteiger charge is -2.05. The van der Waals surface area contributed by atoms with Crippen molar-refractivity contribution in [1.82, 2.24) is 10.1 Å². The lowest BCUT2D eigenvalue weighted by molar-refractivity contribution is -0.385. The summed E-state index contributed by atoms with van der Waals surface area (Å²) in [7, 11) is 0. The van der Waals surface area contributed by atoms with Crippen molar-refractivity contribution < 1.29 is 19.0 Å². The van der Waals surface area contributed by atoms with Gasteiger partial charge >= 0.3 is 5.97 Å². The van der Waals surface area contributed by atoms with Crippen LogP contribution in [0.2, 0.25) is 0 Å². The van der Waals surface area contributed by atoms with Crippen LogP contribution < -0.4 is 0 Å². The van der Waals surface area contributed by atoms with E-state index in [0.717, 1.165) is 0 Å². The minimum Gasteiger partial charge on any atom is -0.452 e. The van der Waals surface area contributed by atoms with Gasteiger partial charge in [-0.1, -0.05) is 31.1 Å². The van der Waals surface area contributed by atoms with Gasteiger partial charge in [-0.2, -0.15) is 4.98 Å². The average molecular weight is 319 g/mol. The maximum absolute atomic E-state index is 12.1. The molecule has 122 valence electrons. The van der Waals surface area contributed by atoms with E-state index in [1.807, 2.05) is 13.8 Å². The summed E-state index contributed by atoms with van der Waals surface area (Å²) in [5, 5.41) is 14.8. The van der Waals surface area contributed by atoms with Gasteiger partial charge in [-0.05, 0) is 18.4 Å². The summed E-state index contributed by atoms with van der Waals surface area (Å²) >= 11 is 0. The quantitative estimate of drug-likeness (QED) is 0.457. The predicted molar refractivity (Wildman–Crippen MR) is 79.8 cm³/mol. The van der Waals surface area contributed by atoms with E-state index in [4.69, 9.17) is 9.26 Å². The summed E-state index contributed by atoms with van der Waals surface area (Å²) in [6.07, 6.45) is 0.653. The van der Waals surface area contributed by atoms with Crippen LogP contribution in [0.15, 0.2) is 22.7 Å². The van der Waals surface area contributed by atoms with Crippen LogP contribution in [0.25, 0.3) is 0 Å². The molecule has 0 saturated carbocycles. The highest BCUT2D eigenvalue weighted by atomic mass is 16.6. The molecule has 0 unspecified atom stereocenters. The molecule has 0 aliphatic rings. The van der Waals surface area contributed by atoms with Crippen molar-refractivity contribution >= 4 is 11.7 Å². The Morgan fingerprint density at radius 2 is 2.17 bits per heavy atom. The maximum Gasteiger partial charge on any atom is 0.345 e. The van der Waals surface area contributed by atoms with Gasteiger partial charge in [0.2, 0.25) is 0 Å². The molecule has 0 aliphatic heterocycles. The molecule has 0 amide bonds. The van der Waals surface area contributed by atoms with E-state index >= 15 is 0 Å². The van der Waals surface area contributed by atoms with Gasteiger partial charge in [-0.15, -0.1) is 0 Å². The van der Waals surface area contributed by atoms with Crippen molar-refractivity contribution in [3.05, 3.63) is 51.2 Å². The third kappa shape index (κ3) is 4.12. The first-order chi connectivity index (χ1) is 10.9. The second-order valence-corrected chi connectivity index (χ2v) is 5.50. The molecule has 0 bridgehead atoms. The minimum atomic E-state index is -0.793. The molecule has 0 N–H and O–H groups in total. The molecule has 0 radical (unpaired) electrons. The second-order valence-electron chi connectivity index (χ2n) is 5.50. The first-order valence-corrected chi connectivity index (χ1v) is 7.11. The number of esters is 1. The van der Waals surface area contributed by atoms with E-state index in [-0.39, 0.29) is 23.7 Å². The largest absolute Gasteiger partial charge is 0.452 e. The van der Waals surface area contributed by atoms with Crippen LogP contribution in [0.3, 0.4) is 0 Å². The fourth-order valence-corrected chi connectivity index (χ4v) is 2.07. The number of ether oxygens (including phenoxy) is 1. The molecule has 2 rings (SSSR count). The van der Waals surface area contributed by atoms with Crippen LogP contribution in [0.1, 0.15) is 41.5 Å². The average Bonchev–Trinajstić information content (AvgIpc) is 2.91. The molecule has 0 spiro atoms. The summed E-state index contributed by atoms with van der Waals surface area (Å²) in [4.78, 5) is 26.6. The smallest absolute Gasteiger partial charge is 0.345 e. The molecule has 2 aromatic rings. The Balaban J connectivity index is 2.08. The topological polar surface area (TPSA) is 108 Å². The number of hydrogen-bond acceptors (Lipinski definition) is 7. The Morgan fingerprint density at radius 1 is 1.43 bits per heavy atom. The molecule has 0 atom stereocenters. The van der Waals surface area contributed by atoms with Crippen molar-refractivity contribution in [3.8, 4) is 0 Å². The highest BCUT2D eigenvalue weighted by molar-refractivity contribution is 5.95. The highest BCUT2D eigenvalue weighted by Gasteiger charge is 2.24. The number of rotatable bonds is 6. The number of carbonyl (C=O) groups is 1. The number of benzene rings is 1. The van der Waals surface area contributed by atoms with Gasteiger partial charge in [-0.3, -0.25) is 10.1 Å². The summed E-state index contributed by atoms with van der Waals surface area (Å²) in [6.45, 7) is 5.42. The molecular formula is C15H17N3O5. The van der Waals surface area contributed by atoms with Gasteiger partial charge in [0.15, 0.2) is 12.4 Å². The number of aryl methyl sites for hydroxylation is 1. The van der Waals surface area contributed by atoms with Crippen molar-refractivity contribution in [2.75, 3.05) is 0 Å². The van der Waals surface area contributed by atoms with Crippen LogP contribution in [-0.4, -0.2) is 21.0 Å².